The summed E-state index contributed by atoms with van der Waals surface area (Å²) in [4.78, 5) is 0. The average Bonchev–Trinajstić information content (AvgIpc) is 3.42. The van der Waals surface area contributed by atoms with Crippen molar-refractivity contribution in [2.75, 3.05) is 22.8 Å². The molecule has 9 nitrogen and oxygen atoms in total. The number of nitrogens with one attached hydrogen (secondary N) is 1. The molecule has 0 bridgehead atoms. The normalized spacial score (nSPS) is 21.4. The molecule has 2 aromatic rings. The van der Waals surface area contributed by atoms with Crippen LogP contribution in [0.1, 0.15) is 47.9 Å². The van der Waals surface area contributed by atoms with Crippen LogP contribution in [-0.4, -0.2) is 43.5 Å². The number of fused-ring (bicyclic) bond motifs is 2. The van der Waals surface area contributed by atoms with Crippen LogP contribution in [0.25, 0.3) is 0 Å². The van der Waals surface area contributed by atoms with E-state index in [9.17, 15) is 13.5 Å². The van der Waals surface area contributed by atoms with Gasteiger partial charge < -0.3 is 15.2 Å². The second-order valence-electron chi connectivity index (χ2n) is 9.96. The Bertz CT molecular complexity index is 1210. The van der Waals surface area contributed by atoms with Crippen molar-refractivity contribution in [3.05, 3.63) is 40.7 Å². The molecule has 2 fully saturated rings. The molecule has 4 aliphatic rings. The zero-order valence-corrected chi connectivity index (χ0v) is 19.5. The Hall–Kier alpha value is -2.59. The van der Waals surface area contributed by atoms with Crippen LogP contribution in [0.15, 0.2) is 22.9 Å². The number of ether oxygens (including phenoxy) is 1. The van der Waals surface area contributed by atoms with E-state index in [0.717, 1.165) is 55.3 Å². The minimum absolute atomic E-state index is 0.0635. The van der Waals surface area contributed by atoms with Gasteiger partial charge in [0.15, 0.2) is 0 Å². The number of aryl methyl sites for hydroxylation is 3. The van der Waals surface area contributed by atoms with Crippen molar-refractivity contribution in [3.63, 3.8) is 0 Å². The molecule has 1 spiro atoms. The highest BCUT2D eigenvalue weighted by Crippen LogP contribution is 2.50. The van der Waals surface area contributed by atoms with Crippen molar-refractivity contribution in [2.24, 2.45) is 16.9 Å². The molecule has 0 atom stereocenters. The lowest BCUT2D eigenvalue weighted by molar-refractivity contribution is -0.213. The van der Waals surface area contributed by atoms with Gasteiger partial charge in [0, 0.05) is 30.4 Å². The lowest BCUT2D eigenvalue weighted by atomic mass is 9.64. The Labute approximate surface area is 193 Å². The third-order valence-corrected chi connectivity index (χ3v) is 8.99. The summed E-state index contributed by atoms with van der Waals surface area (Å²) in [6.07, 6.45) is 10.4. The van der Waals surface area contributed by atoms with Crippen LogP contribution >= 0.6 is 0 Å². The molecule has 10 heteroatoms. The highest BCUT2D eigenvalue weighted by Gasteiger charge is 2.54. The van der Waals surface area contributed by atoms with Gasteiger partial charge in [0.1, 0.15) is 0 Å². The lowest BCUT2D eigenvalue weighted by Crippen LogP contribution is -2.60. The van der Waals surface area contributed by atoms with Gasteiger partial charge in [0.25, 0.3) is 0 Å². The van der Waals surface area contributed by atoms with E-state index >= 15 is 0 Å². The molecular weight excluding hydrogens is 442 g/mol. The molecule has 1 N–H and O–H groups in total. The fourth-order valence-electron chi connectivity index (χ4n) is 6.03. The molecule has 1 aromatic heterocycles. The van der Waals surface area contributed by atoms with Crippen LogP contribution in [0, 0.1) is 5.41 Å². The first-order valence-electron chi connectivity index (χ1n) is 11.6. The minimum atomic E-state index is -4.25. The summed E-state index contributed by atoms with van der Waals surface area (Å²) in [5.74, 6) is 0. The second kappa shape index (κ2) is 7.46. The molecule has 0 radical (unpaired) electrons. The molecule has 6 rings (SSSR count). The number of hydrogen-bond donors (Lipinski definition) is 1. The summed E-state index contributed by atoms with van der Waals surface area (Å²) < 4.78 is 38.6. The smallest absolute Gasteiger partial charge is 0.345 e. The fraction of sp³-hybridized carbons (Fsp3) is 0.565. The van der Waals surface area contributed by atoms with E-state index in [0.29, 0.717) is 31.7 Å². The van der Waals surface area contributed by atoms with Gasteiger partial charge in [-0.3, -0.25) is 4.68 Å². The van der Waals surface area contributed by atoms with E-state index in [1.54, 1.807) is 17.9 Å². The van der Waals surface area contributed by atoms with E-state index in [4.69, 9.17) is 4.74 Å². The molecule has 2 heterocycles. The topological polar surface area (TPSA) is 112 Å². The third kappa shape index (κ3) is 3.50. The van der Waals surface area contributed by atoms with Crippen LogP contribution in [0.4, 0.5) is 11.4 Å². The predicted molar refractivity (Wildman–Crippen MR) is 122 cm³/mol. The molecule has 1 saturated heterocycles. The van der Waals surface area contributed by atoms with Crippen LogP contribution in [0.3, 0.4) is 0 Å². The van der Waals surface area contributed by atoms with Gasteiger partial charge in [0.2, 0.25) is 0 Å². The summed E-state index contributed by atoms with van der Waals surface area (Å²) in [5, 5.41) is 20.0. The van der Waals surface area contributed by atoms with E-state index in [2.05, 4.69) is 20.9 Å². The largest absolute Gasteiger partial charge is 0.845 e. The van der Waals surface area contributed by atoms with Gasteiger partial charge in [-0.1, -0.05) is 6.07 Å². The summed E-state index contributed by atoms with van der Waals surface area (Å²) in [5.41, 5.74) is 6.12. The number of benzene rings is 1. The molecule has 33 heavy (non-hydrogen) atoms. The Morgan fingerprint density at radius 3 is 2.42 bits per heavy atom. The van der Waals surface area contributed by atoms with Gasteiger partial charge in [0.05, 0.1) is 31.1 Å². The SMILES string of the molecule is Cn1cc(N(C2CC3(COC3)C2)S(=O)(=O)/N=C(\[O-])Nc2c3c(cc4c2CCC4)CCC3)cn1. The summed E-state index contributed by atoms with van der Waals surface area (Å²) >= 11 is 0. The lowest BCUT2D eigenvalue weighted by Gasteiger charge is -2.55. The molecule has 1 aromatic carbocycles. The van der Waals surface area contributed by atoms with Crippen LogP contribution < -0.4 is 14.7 Å². The molecule has 3 aliphatic carbocycles. The first kappa shape index (κ1) is 21.0. The van der Waals surface area contributed by atoms with Gasteiger partial charge in [-0.2, -0.15) is 13.5 Å². The zero-order chi connectivity index (χ0) is 22.8. The van der Waals surface area contributed by atoms with Crippen molar-refractivity contribution in [1.29, 1.82) is 0 Å². The number of rotatable bonds is 5. The molecule has 176 valence electrons. The minimum Gasteiger partial charge on any atom is -0.845 e. The van der Waals surface area contributed by atoms with Crippen molar-refractivity contribution < 1.29 is 18.3 Å². The summed E-state index contributed by atoms with van der Waals surface area (Å²) in [6.45, 7) is 1.32. The predicted octanol–water partition coefficient (Wildman–Crippen LogP) is 1.46. The van der Waals surface area contributed by atoms with Crippen molar-refractivity contribution in [3.8, 4) is 0 Å². The quantitative estimate of drug-likeness (QED) is 0.523. The number of amidine groups is 1. The zero-order valence-electron chi connectivity index (χ0n) is 18.7. The number of aromatic nitrogens is 2. The van der Waals surface area contributed by atoms with Gasteiger partial charge >= 0.3 is 10.2 Å². The molecule has 0 amide bonds. The highest BCUT2D eigenvalue weighted by atomic mass is 32.2. The number of anilines is 2. The monoisotopic (exact) mass is 470 g/mol. The van der Waals surface area contributed by atoms with E-state index in [1.165, 1.54) is 21.6 Å². The third-order valence-electron chi connectivity index (χ3n) is 7.58. The van der Waals surface area contributed by atoms with E-state index < -0.39 is 16.2 Å². The summed E-state index contributed by atoms with van der Waals surface area (Å²) in [6, 6.07) is 1.18. The fourth-order valence-corrected chi connectivity index (χ4v) is 7.26. The van der Waals surface area contributed by atoms with Crippen molar-refractivity contribution >= 4 is 27.6 Å². The molecule has 1 saturated carbocycles. The Kier molecular flexibility index (Phi) is 4.74. The molecule has 1 aliphatic heterocycles. The maximum absolute atomic E-state index is 13.4. The number of nitrogens with zero attached hydrogens (tertiary/aromatic N) is 4. The van der Waals surface area contributed by atoms with Crippen molar-refractivity contribution in [1.82, 2.24) is 9.78 Å². The maximum atomic E-state index is 13.4. The molecule has 0 unspecified atom stereocenters. The molecular formula is C23H28N5O4S-. The maximum Gasteiger partial charge on any atom is 0.345 e. The van der Waals surface area contributed by atoms with Gasteiger partial charge in [-0.25, -0.2) is 4.31 Å². The van der Waals surface area contributed by atoms with Crippen molar-refractivity contribution in [2.45, 2.75) is 57.4 Å². The van der Waals surface area contributed by atoms with E-state index in [-0.39, 0.29) is 11.5 Å². The standard InChI is InChI=1S/C23H29N5O4S/c1-27-12-18(11-24-27)28(17-9-23(10-17)13-32-14-23)33(30,31)26-22(29)25-21-19-6-2-4-15(19)8-16-5-3-7-20(16)21/h8,11-12,17H,2-7,9-10,13-14H2,1H3,(H2,25,26,29)/p-1. The second-order valence-corrected chi connectivity index (χ2v) is 11.4. The first-order valence-corrected chi connectivity index (χ1v) is 13.0. The number of hydrogen-bond acceptors (Lipinski definition) is 5. The average molecular weight is 471 g/mol. The van der Waals surface area contributed by atoms with Gasteiger partial charge in [-0.15, -0.1) is 4.40 Å². The Morgan fingerprint density at radius 2 is 1.88 bits per heavy atom. The van der Waals surface area contributed by atoms with E-state index in [1.807, 2.05) is 0 Å². The van der Waals surface area contributed by atoms with Gasteiger partial charge in [-0.05, 0) is 73.6 Å². The Balaban J connectivity index is 1.31. The van der Waals surface area contributed by atoms with Crippen LogP contribution in [0.2, 0.25) is 0 Å². The first-order chi connectivity index (χ1) is 15.8. The summed E-state index contributed by atoms with van der Waals surface area (Å²) in [7, 11) is -2.52. The Morgan fingerprint density at radius 1 is 1.21 bits per heavy atom. The van der Waals surface area contributed by atoms with Crippen LogP contribution in [0.5, 0.6) is 0 Å². The van der Waals surface area contributed by atoms with Crippen LogP contribution in [-0.2, 0) is 47.7 Å². The highest BCUT2D eigenvalue weighted by molar-refractivity contribution is 7.91.